The molecule has 90 valence electrons. The molecule has 0 saturated carbocycles. The molecule has 0 aromatic carbocycles. The van der Waals surface area contributed by atoms with E-state index in [1.165, 1.54) is 0 Å². The zero-order chi connectivity index (χ0) is 11.9. The topological polar surface area (TPSA) is 34.1 Å². The van der Waals surface area contributed by atoms with Crippen LogP contribution in [0.1, 0.15) is 19.3 Å². The molecule has 1 saturated heterocycles. The third-order valence-corrected chi connectivity index (χ3v) is 4.64. The molecule has 1 aliphatic heterocycles. The van der Waals surface area contributed by atoms with Crippen LogP contribution < -0.4 is 0 Å². The molecule has 1 unspecified atom stereocenters. The minimum absolute atomic E-state index is 0.117. The lowest BCUT2D eigenvalue weighted by Crippen LogP contribution is -2.40. The second-order valence-electron chi connectivity index (χ2n) is 3.54. The number of halogens is 5. The van der Waals surface area contributed by atoms with Crippen molar-refractivity contribution in [2.45, 2.75) is 36.6 Å². The third-order valence-electron chi connectivity index (χ3n) is 2.36. The van der Waals surface area contributed by atoms with Crippen molar-refractivity contribution in [1.29, 1.82) is 0 Å². The maximum absolute atomic E-state index is 12.5. The van der Waals surface area contributed by atoms with Crippen LogP contribution in [-0.4, -0.2) is 31.5 Å². The second-order valence-corrected chi connectivity index (χ2v) is 5.94. The van der Waals surface area contributed by atoms with E-state index in [2.05, 4.69) is 0 Å². The molecular formula is C7H9F5O2S. The van der Waals surface area contributed by atoms with Crippen molar-refractivity contribution in [2.75, 3.05) is 5.75 Å². The van der Waals surface area contributed by atoms with Crippen LogP contribution in [0.25, 0.3) is 0 Å². The molecule has 15 heavy (non-hydrogen) atoms. The molecule has 1 rings (SSSR count). The predicted octanol–water partition coefficient (Wildman–Crippen LogP) is 2.15. The quantitative estimate of drug-likeness (QED) is 0.706. The maximum atomic E-state index is 12.5. The van der Waals surface area contributed by atoms with Gasteiger partial charge in [-0.1, -0.05) is 0 Å². The molecule has 8 heteroatoms. The van der Waals surface area contributed by atoms with Crippen LogP contribution in [0.2, 0.25) is 0 Å². The van der Waals surface area contributed by atoms with E-state index in [9.17, 15) is 30.4 Å². The van der Waals surface area contributed by atoms with Gasteiger partial charge in [-0.25, -0.2) is 8.42 Å². The lowest BCUT2D eigenvalue weighted by molar-refractivity contribution is -0.284. The Morgan fingerprint density at radius 2 is 1.67 bits per heavy atom. The highest BCUT2D eigenvalue weighted by molar-refractivity contribution is 7.92. The van der Waals surface area contributed by atoms with Crippen molar-refractivity contribution in [3.8, 4) is 0 Å². The van der Waals surface area contributed by atoms with Crippen LogP contribution in [0.3, 0.4) is 0 Å². The Labute approximate surface area is 83.4 Å². The highest BCUT2D eigenvalue weighted by Gasteiger charge is 2.59. The van der Waals surface area contributed by atoms with Gasteiger partial charge in [-0.3, -0.25) is 0 Å². The number of hydrogen-bond donors (Lipinski definition) is 0. The molecule has 0 aliphatic carbocycles. The Hall–Kier alpha value is -0.400. The van der Waals surface area contributed by atoms with Crippen molar-refractivity contribution < 1.29 is 30.4 Å². The Morgan fingerprint density at radius 3 is 2.00 bits per heavy atom. The van der Waals surface area contributed by atoms with Crippen molar-refractivity contribution in [3.63, 3.8) is 0 Å². The normalized spacial score (nSPS) is 26.9. The van der Waals surface area contributed by atoms with E-state index in [-0.39, 0.29) is 18.6 Å². The van der Waals surface area contributed by atoms with Crippen LogP contribution in [0.15, 0.2) is 0 Å². The summed E-state index contributed by atoms with van der Waals surface area (Å²) in [5, 5.41) is -1.56. The molecule has 0 aromatic rings. The second kappa shape index (κ2) is 3.57. The molecule has 1 atom stereocenters. The van der Waals surface area contributed by atoms with E-state index in [0.29, 0.717) is 0 Å². The van der Waals surface area contributed by atoms with E-state index >= 15 is 0 Å². The lowest BCUT2D eigenvalue weighted by Gasteiger charge is -2.22. The van der Waals surface area contributed by atoms with Gasteiger partial charge in [0.05, 0.1) is 11.0 Å². The van der Waals surface area contributed by atoms with Crippen molar-refractivity contribution in [3.05, 3.63) is 0 Å². The highest BCUT2D eigenvalue weighted by atomic mass is 32.2. The van der Waals surface area contributed by atoms with E-state index in [4.69, 9.17) is 0 Å². The van der Waals surface area contributed by atoms with Crippen molar-refractivity contribution in [1.82, 2.24) is 0 Å². The van der Waals surface area contributed by atoms with Crippen LogP contribution in [0.5, 0.6) is 0 Å². The first kappa shape index (κ1) is 12.7. The summed E-state index contributed by atoms with van der Waals surface area (Å²) >= 11 is 0. The summed E-state index contributed by atoms with van der Waals surface area (Å²) in [5.41, 5.74) is 0. The Balaban J connectivity index is 2.79. The van der Waals surface area contributed by atoms with Crippen LogP contribution in [0.4, 0.5) is 22.0 Å². The summed E-state index contributed by atoms with van der Waals surface area (Å²) in [6.07, 6.45) is -7.29. The molecule has 1 heterocycles. The molecule has 0 spiro atoms. The fraction of sp³-hybridized carbons (Fsp3) is 1.00. The first-order chi connectivity index (χ1) is 6.56. The van der Waals surface area contributed by atoms with Gasteiger partial charge in [0, 0.05) is 6.42 Å². The average Bonchev–Trinajstić information content (AvgIpc) is 2.27. The van der Waals surface area contributed by atoms with Gasteiger partial charge in [0.2, 0.25) is 0 Å². The molecule has 0 aromatic heterocycles. The van der Waals surface area contributed by atoms with Gasteiger partial charge in [0.15, 0.2) is 9.84 Å². The Bertz CT molecular complexity index is 332. The van der Waals surface area contributed by atoms with Gasteiger partial charge < -0.3 is 0 Å². The Morgan fingerprint density at radius 1 is 1.13 bits per heavy atom. The van der Waals surface area contributed by atoms with Gasteiger partial charge in [-0.15, -0.1) is 0 Å². The zero-order valence-corrected chi connectivity index (χ0v) is 8.34. The van der Waals surface area contributed by atoms with Gasteiger partial charge in [0.25, 0.3) is 0 Å². The van der Waals surface area contributed by atoms with E-state index < -0.39 is 33.6 Å². The molecule has 0 N–H and O–H groups in total. The summed E-state index contributed by atoms with van der Waals surface area (Å²) in [4.78, 5) is 0. The minimum atomic E-state index is -5.68. The van der Waals surface area contributed by atoms with Crippen LogP contribution in [-0.2, 0) is 9.84 Å². The highest BCUT2D eigenvalue weighted by Crippen LogP contribution is 2.41. The number of sulfone groups is 1. The maximum Gasteiger partial charge on any atom is 0.453 e. The van der Waals surface area contributed by atoms with Gasteiger partial charge in [-0.2, -0.15) is 22.0 Å². The summed E-state index contributed by atoms with van der Waals surface area (Å²) in [7, 11) is -3.76. The molecular weight excluding hydrogens is 243 g/mol. The SMILES string of the molecule is O=S1(=O)CCCC1CC(F)(F)C(F)(F)F. The largest absolute Gasteiger partial charge is 0.453 e. The molecule has 1 fully saturated rings. The van der Waals surface area contributed by atoms with E-state index in [1.807, 2.05) is 0 Å². The monoisotopic (exact) mass is 252 g/mol. The number of rotatable bonds is 2. The predicted molar refractivity (Wildman–Crippen MR) is 42.4 cm³/mol. The zero-order valence-electron chi connectivity index (χ0n) is 7.52. The van der Waals surface area contributed by atoms with Crippen molar-refractivity contribution >= 4 is 9.84 Å². The first-order valence-electron chi connectivity index (χ1n) is 4.22. The summed E-state index contributed by atoms with van der Waals surface area (Å²) < 4.78 is 82.6. The summed E-state index contributed by atoms with van der Waals surface area (Å²) in [6.45, 7) is 0. The molecule has 0 bridgehead atoms. The summed E-state index contributed by atoms with van der Waals surface area (Å²) in [5.74, 6) is -5.22. The van der Waals surface area contributed by atoms with Gasteiger partial charge in [-0.05, 0) is 12.8 Å². The third kappa shape index (κ3) is 2.59. The molecule has 0 amide bonds. The van der Waals surface area contributed by atoms with Gasteiger partial charge >= 0.3 is 12.1 Å². The van der Waals surface area contributed by atoms with E-state index in [0.717, 1.165) is 0 Å². The average molecular weight is 252 g/mol. The molecule has 1 aliphatic rings. The molecule has 2 nitrogen and oxygen atoms in total. The van der Waals surface area contributed by atoms with Crippen LogP contribution >= 0.6 is 0 Å². The first-order valence-corrected chi connectivity index (χ1v) is 5.94. The smallest absolute Gasteiger partial charge is 0.229 e. The van der Waals surface area contributed by atoms with Crippen molar-refractivity contribution in [2.24, 2.45) is 0 Å². The lowest BCUT2D eigenvalue weighted by atomic mass is 10.1. The fourth-order valence-electron chi connectivity index (χ4n) is 1.49. The minimum Gasteiger partial charge on any atom is -0.229 e. The number of alkyl halides is 5. The van der Waals surface area contributed by atoms with Crippen LogP contribution in [0, 0.1) is 0 Å². The standard InChI is InChI=1S/C7H9F5O2S/c8-6(9,7(10,11)12)4-5-2-1-3-15(5,13)14/h5H,1-4H2. The fourth-order valence-corrected chi connectivity index (χ4v) is 3.38. The van der Waals surface area contributed by atoms with E-state index in [1.54, 1.807) is 0 Å². The summed E-state index contributed by atoms with van der Waals surface area (Å²) in [6, 6.07) is 0. The van der Waals surface area contributed by atoms with Gasteiger partial charge in [0.1, 0.15) is 0 Å². The Kier molecular flexibility index (Phi) is 3.01. The molecule has 0 radical (unpaired) electrons. The number of hydrogen-bond acceptors (Lipinski definition) is 2.